The number of amides is 1. The molecule has 6 heteroatoms. The molecule has 0 spiro atoms. The molecule has 0 radical (unpaired) electrons. The lowest BCUT2D eigenvalue weighted by Crippen LogP contribution is -2.27. The maximum atomic E-state index is 12.4. The Morgan fingerprint density at radius 1 is 1.35 bits per heavy atom. The van der Waals surface area contributed by atoms with E-state index >= 15 is 0 Å². The van der Waals surface area contributed by atoms with Crippen LogP contribution in [0.1, 0.15) is 57.4 Å². The van der Waals surface area contributed by atoms with Crippen molar-refractivity contribution in [2.45, 2.75) is 58.4 Å². The average Bonchev–Trinajstić information content (AvgIpc) is 2.73. The smallest absolute Gasteiger partial charge is 0.225 e. The number of nitriles is 1. The third-order valence-electron chi connectivity index (χ3n) is 5.73. The first-order valence-electron chi connectivity index (χ1n) is 10.9. The van der Waals surface area contributed by atoms with E-state index < -0.39 is 0 Å². The Balaban J connectivity index is 1.61. The molecule has 164 valence electrons. The van der Waals surface area contributed by atoms with E-state index in [1.807, 2.05) is 37.3 Å². The van der Waals surface area contributed by atoms with Gasteiger partial charge in [0.25, 0.3) is 0 Å². The van der Waals surface area contributed by atoms with E-state index in [2.05, 4.69) is 32.2 Å². The summed E-state index contributed by atoms with van der Waals surface area (Å²) in [5.41, 5.74) is 3.86. The van der Waals surface area contributed by atoms with Crippen molar-refractivity contribution in [3.05, 3.63) is 47.2 Å². The lowest BCUT2D eigenvalue weighted by molar-refractivity contribution is -0.115. The van der Waals surface area contributed by atoms with Crippen LogP contribution < -0.4 is 10.1 Å². The molecule has 5 nitrogen and oxygen atoms in total. The van der Waals surface area contributed by atoms with Crippen molar-refractivity contribution >= 4 is 23.4 Å². The Labute approximate surface area is 189 Å². The number of fused-ring (bicyclic) bond motifs is 1. The van der Waals surface area contributed by atoms with Crippen molar-refractivity contribution in [2.75, 3.05) is 17.7 Å². The summed E-state index contributed by atoms with van der Waals surface area (Å²) in [7, 11) is 0. The summed E-state index contributed by atoms with van der Waals surface area (Å²) in [6.07, 6.45) is 3.39. The lowest BCUT2D eigenvalue weighted by atomic mass is 9.71. The number of ether oxygens (including phenoxy) is 1. The number of aromatic nitrogens is 1. The number of nitrogens with zero attached hydrogens (tertiary/aromatic N) is 2. The number of nitrogens with one attached hydrogen (secondary N) is 1. The van der Waals surface area contributed by atoms with Crippen LogP contribution in [0.5, 0.6) is 5.75 Å². The van der Waals surface area contributed by atoms with Gasteiger partial charge in [-0.15, -0.1) is 11.8 Å². The summed E-state index contributed by atoms with van der Waals surface area (Å²) >= 11 is 1.48. The second-order valence-corrected chi connectivity index (χ2v) is 10.0. The van der Waals surface area contributed by atoms with Gasteiger partial charge < -0.3 is 10.1 Å². The van der Waals surface area contributed by atoms with Crippen LogP contribution in [0.15, 0.2) is 35.4 Å². The van der Waals surface area contributed by atoms with Gasteiger partial charge in [-0.25, -0.2) is 4.98 Å². The minimum absolute atomic E-state index is 0.0795. The van der Waals surface area contributed by atoms with Crippen LogP contribution in [0, 0.1) is 22.7 Å². The molecule has 2 aromatic rings. The van der Waals surface area contributed by atoms with Crippen molar-refractivity contribution in [1.29, 1.82) is 5.26 Å². The molecule has 0 bridgehead atoms. The maximum absolute atomic E-state index is 12.4. The first kappa shape index (κ1) is 23.1. The van der Waals surface area contributed by atoms with E-state index in [4.69, 9.17) is 9.72 Å². The van der Waals surface area contributed by atoms with Gasteiger partial charge in [-0.3, -0.25) is 4.79 Å². The van der Waals surface area contributed by atoms with Gasteiger partial charge in [0.05, 0.1) is 17.9 Å². The molecular weight excluding hydrogens is 406 g/mol. The number of hydrogen-bond acceptors (Lipinski definition) is 5. The van der Waals surface area contributed by atoms with Crippen molar-refractivity contribution in [1.82, 2.24) is 4.98 Å². The highest BCUT2D eigenvalue weighted by molar-refractivity contribution is 7.99. The SMILES string of the molecule is CCOc1ccccc1NC(=O)CCSc1nc2c(cc1C#N)CC(C(C)(C)C)CC2. The number of pyridine rings is 1. The normalized spacial score (nSPS) is 15.6. The molecule has 1 unspecified atom stereocenters. The fraction of sp³-hybridized carbons (Fsp3) is 0.480. The van der Waals surface area contributed by atoms with Crippen molar-refractivity contribution in [3.8, 4) is 11.8 Å². The second kappa shape index (κ2) is 10.2. The van der Waals surface area contributed by atoms with Gasteiger partial charge in [-0.05, 0) is 61.3 Å². The fourth-order valence-corrected chi connectivity index (χ4v) is 4.79. The van der Waals surface area contributed by atoms with Crippen LogP contribution in [-0.4, -0.2) is 23.3 Å². The zero-order valence-electron chi connectivity index (χ0n) is 18.8. The maximum Gasteiger partial charge on any atom is 0.225 e. The molecule has 3 rings (SSSR count). The predicted octanol–water partition coefficient (Wildman–Crippen LogP) is 5.62. The highest BCUT2D eigenvalue weighted by atomic mass is 32.2. The molecule has 0 aliphatic heterocycles. The number of thioether (sulfide) groups is 1. The second-order valence-electron chi connectivity index (χ2n) is 8.94. The molecule has 1 heterocycles. The van der Waals surface area contributed by atoms with E-state index in [0.717, 1.165) is 30.0 Å². The first-order valence-corrected chi connectivity index (χ1v) is 11.9. The first-order chi connectivity index (χ1) is 14.8. The van der Waals surface area contributed by atoms with Crippen molar-refractivity contribution in [3.63, 3.8) is 0 Å². The number of benzene rings is 1. The largest absolute Gasteiger partial charge is 0.492 e. The highest BCUT2D eigenvalue weighted by Gasteiger charge is 2.30. The van der Waals surface area contributed by atoms with Crippen LogP contribution in [0.4, 0.5) is 5.69 Å². The summed E-state index contributed by atoms with van der Waals surface area (Å²) in [6.45, 7) is 9.30. The van der Waals surface area contributed by atoms with Gasteiger partial charge in [0.15, 0.2) is 0 Å². The Morgan fingerprint density at radius 2 is 2.13 bits per heavy atom. The fourth-order valence-electron chi connectivity index (χ4n) is 3.88. The Hall–Kier alpha value is -2.52. The van der Waals surface area contributed by atoms with Gasteiger partial charge in [-0.1, -0.05) is 32.9 Å². The number of para-hydroxylation sites is 2. The van der Waals surface area contributed by atoms with Crippen LogP contribution in [-0.2, 0) is 17.6 Å². The number of anilines is 1. The molecular formula is C25H31N3O2S. The van der Waals surface area contributed by atoms with Crippen LogP contribution >= 0.6 is 11.8 Å². The van der Waals surface area contributed by atoms with Crippen LogP contribution in [0.25, 0.3) is 0 Å². The average molecular weight is 438 g/mol. The highest BCUT2D eigenvalue weighted by Crippen LogP contribution is 2.38. The van der Waals surface area contributed by atoms with Crippen molar-refractivity contribution in [2.24, 2.45) is 11.3 Å². The number of carbonyl (C=O) groups excluding carboxylic acids is 1. The number of hydrogen-bond donors (Lipinski definition) is 1. The van der Waals surface area contributed by atoms with Gasteiger partial charge in [0.2, 0.25) is 5.91 Å². The molecule has 1 aromatic heterocycles. The summed E-state index contributed by atoms with van der Waals surface area (Å²) in [6, 6.07) is 11.7. The summed E-state index contributed by atoms with van der Waals surface area (Å²) < 4.78 is 5.56. The minimum Gasteiger partial charge on any atom is -0.492 e. The van der Waals surface area contributed by atoms with Gasteiger partial charge in [0, 0.05) is 17.9 Å². The van der Waals surface area contributed by atoms with Crippen LogP contribution in [0.3, 0.4) is 0 Å². The third kappa shape index (κ3) is 6.01. The molecule has 1 amide bonds. The van der Waals surface area contributed by atoms with E-state index in [1.54, 1.807) is 0 Å². The Bertz CT molecular complexity index is 976. The Kier molecular flexibility index (Phi) is 7.61. The van der Waals surface area contributed by atoms with Gasteiger partial charge >= 0.3 is 0 Å². The van der Waals surface area contributed by atoms with E-state index in [9.17, 15) is 10.1 Å². The molecule has 1 aliphatic carbocycles. The monoisotopic (exact) mass is 437 g/mol. The van der Waals surface area contributed by atoms with Crippen molar-refractivity contribution < 1.29 is 9.53 Å². The minimum atomic E-state index is -0.0795. The van der Waals surface area contributed by atoms with E-state index in [1.165, 1.54) is 17.3 Å². The summed E-state index contributed by atoms with van der Waals surface area (Å²) in [4.78, 5) is 17.2. The molecule has 1 atom stereocenters. The zero-order valence-corrected chi connectivity index (χ0v) is 19.6. The van der Waals surface area contributed by atoms with E-state index in [-0.39, 0.29) is 11.3 Å². The molecule has 31 heavy (non-hydrogen) atoms. The summed E-state index contributed by atoms with van der Waals surface area (Å²) in [5.74, 6) is 1.76. The molecule has 1 aromatic carbocycles. The molecule has 1 aliphatic rings. The molecule has 1 N–H and O–H groups in total. The molecule has 0 saturated heterocycles. The van der Waals surface area contributed by atoms with E-state index in [0.29, 0.717) is 41.7 Å². The molecule has 0 fully saturated rings. The Morgan fingerprint density at radius 3 is 2.84 bits per heavy atom. The van der Waals surface area contributed by atoms with Gasteiger partial charge in [0.1, 0.15) is 16.8 Å². The topological polar surface area (TPSA) is 75.0 Å². The zero-order chi connectivity index (χ0) is 22.4. The molecule has 0 saturated carbocycles. The van der Waals surface area contributed by atoms with Crippen LogP contribution in [0.2, 0.25) is 0 Å². The quantitative estimate of drug-likeness (QED) is 0.569. The predicted molar refractivity (Wildman–Crippen MR) is 126 cm³/mol. The third-order valence-corrected chi connectivity index (χ3v) is 6.72. The summed E-state index contributed by atoms with van der Waals surface area (Å²) in [5, 5.41) is 13.3. The number of rotatable bonds is 7. The number of carbonyl (C=O) groups is 1. The lowest BCUT2D eigenvalue weighted by Gasteiger charge is -2.34. The standard InChI is InChI=1S/C25H31N3O2S/c1-5-30-22-9-7-6-8-21(22)27-23(29)12-13-31-24-18(16-26)14-17-15-19(25(2,3)4)10-11-20(17)28-24/h6-9,14,19H,5,10-13,15H2,1-4H3,(H,27,29). The van der Waals surface area contributed by atoms with Gasteiger partial charge in [-0.2, -0.15) is 5.26 Å². The number of aryl methyl sites for hydroxylation is 1.